The number of carbonyl (C=O) groups is 1. The number of hydrogen-bond acceptors (Lipinski definition) is 2. The number of amides is 1. The molecule has 0 aliphatic carbocycles. The maximum Gasteiger partial charge on any atom is 0.231 e. The second-order valence-corrected chi connectivity index (χ2v) is 8.77. The van der Waals surface area contributed by atoms with E-state index in [1.54, 1.807) is 24.4 Å². The van der Waals surface area contributed by atoms with Crippen LogP contribution in [0.3, 0.4) is 0 Å². The number of nitrogens with zero attached hydrogens (tertiary/aromatic N) is 1. The van der Waals surface area contributed by atoms with Gasteiger partial charge in [0.25, 0.3) is 0 Å². The largest absolute Gasteiger partial charge is 0.326 e. The fraction of sp³-hybridized carbons (Fsp3) is 0.103. The summed E-state index contributed by atoms with van der Waals surface area (Å²) in [5.41, 5.74) is 3.16. The molecule has 182 valence electrons. The molecule has 0 aliphatic rings. The molecule has 4 aromatic rings. The van der Waals surface area contributed by atoms with Crippen LogP contribution in [-0.2, 0) is 11.2 Å². The van der Waals surface area contributed by atoms with Gasteiger partial charge in [0.15, 0.2) is 5.82 Å². The molecule has 4 rings (SSSR count). The third-order valence-corrected chi connectivity index (χ3v) is 6.23. The Kier molecular flexibility index (Phi) is 7.76. The number of aromatic nitrogens is 2. The van der Waals surface area contributed by atoms with Crippen LogP contribution in [-0.4, -0.2) is 16.1 Å². The number of H-pyrrole nitrogens is 1. The molecule has 0 radical (unpaired) electrons. The smallest absolute Gasteiger partial charge is 0.231 e. The van der Waals surface area contributed by atoms with Crippen LogP contribution in [0.25, 0.3) is 16.5 Å². The van der Waals surface area contributed by atoms with E-state index in [2.05, 4.69) is 22.1 Å². The average Bonchev–Trinajstić information content (AvgIpc) is 3.35. The van der Waals surface area contributed by atoms with Crippen molar-refractivity contribution in [3.05, 3.63) is 125 Å². The summed E-state index contributed by atoms with van der Waals surface area (Å²) in [6, 6.07) is 17.4. The van der Waals surface area contributed by atoms with Crippen LogP contribution in [0, 0.1) is 17.6 Å². The minimum Gasteiger partial charge on any atom is -0.326 e. The highest BCUT2D eigenvalue weighted by atomic mass is 35.5. The summed E-state index contributed by atoms with van der Waals surface area (Å²) in [6.45, 7) is 5.50. The predicted molar refractivity (Wildman–Crippen MR) is 142 cm³/mol. The molecule has 4 nitrogen and oxygen atoms in total. The summed E-state index contributed by atoms with van der Waals surface area (Å²) in [7, 11) is 0. The van der Waals surface area contributed by atoms with Gasteiger partial charge in [0.05, 0.1) is 28.2 Å². The van der Waals surface area contributed by atoms with Gasteiger partial charge in [-0.3, -0.25) is 9.89 Å². The van der Waals surface area contributed by atoms with E-state index in [1.807, 2.05) is 49.4 Å². The molecule has 0 saturated carbocycles. The van der Waals surface area contributed by atoms with E-state index < -0.39 is 17.6 Å². The van der Waals surface area contributed by atoms with E-state index in [1.165, 1.54) is 12.1 Å². The van der Waals surface area contributed by atoms with E-state index in [9.17, 15) is 13.6 Å². The summed E-state index contributed by atoms with van der Waals surface area (Å²) in [5, 5.41) is 10.6. The van der Waals surface area contributed by atoms with Crippen LogP contribution < -0.4 is 5.32 Å². The minimum absolute atomic E-state index is 0.184. The first-order chi connectivity index (χ1) is 17.4. The highest BCUT2D eigenvalue weighted by molar-refractivity contribution is 6.31. The van der Waals surface area contributed by atoms with E-state index in [-0.39, 0.29) is 22.1 Å². The van der Waals surface area contributed by atoms with Crippen LogP contribution in [0.15, 0.2) is 97.2 Å². The van der Waals surface area contributed by atoms with Gasteiger partial charge in [-0.25, -0.2) is 8.78 Å². The van der Waals surface area contributed by atoms with Gasteiger partial charge in [-0.1, -0.05) is 72.3 Å². The maximum atomic E-state index is 14.6. The molecule has 7 heteroatoms. The zero-order valence-corrected chi connectivity index (χ0v) is 20.3. The van der Waals surface area contributed by atoms with Gasteiger partial charge in [-0.2, -0.15) is 5.10 Å². The molecule has 0 fully saturated rings. The van der Waals surface area contributed by atoms with Crippen LogP contribution in [0.5, 0.6) is 0 Å². The van der Waals surface area contributed by atoms with Gasteiger partial charge in [0.2, 0.25) is 5.91 Å². The zero-order valence-electron chi connectivity index (χ0n) is 19.6. The Hall–Kier alpha value is -4.03. The molecular weight excluding hydrogens is 480 g/mol. The fourth-order valence-electron chi connectivity index (χ4n) is 3.94. The molecular formula is C29H24ClF2N3O. The highest BCUT2D eigenvalue weighted by Gasteiger charge is 2.21. The predicted octanol–water partition coefficient (Wildman–Crippen LogP) is 7.51. The second kappa shape index (κ2) is 11.1. The summed E-state index contributed by atoms with van der Waals surface area (Å²) >= 11 is 5.86. The molecule has 1 atom stereocenters. The monoisotopic (exact) mass is 503 g/mol. The Balaban J connectivity index is 1.66. The van der Waals surface area contributed by atoms with Gasteiger partial charge in [-0.05, 0) is 54.8 Å². The molecule has 1 aromatic heterocycles. The Morgan fingerprint density at radius 1 is 1.14 bits per heavy atom. The van der Waals surface area contributed by atoms with Gasteiger partial charge in [0.1, 0.15) is 5.82 Å². The summed E-state index contributed by atoms with van der Waals surface area (Å²) < 4.78 is 29.0. The zero-order chi connectivity index (χ0) is 25.7. The van der Waals surface area contributed by atoms with Gasteiger partial charge >= 0.3 is 0 Å². The van der Waals surface area contributed by atoms with Crippen LogP contribution >= 0.6 is 11.6 Å². The lowest BCUT2D eigenvalue weighted by Crippen LogP contribution is -2.25. The lowest BCUT2D eigenvalue weighted by Gasteiger charge is -2.18. The summed E-state index contributed by atoms with van der Waals surface area (Å²) in [6.07, 6.45) is 6.72. The molecule has 0 aliphatic heterocycles. The number of allylic oxidation sites excluding steroid dienone is 4. The minimum atomic E-state index is -0.859. The van der Waals surface area contributed by atoms with Crippen molar-refractivity contribution in [3.8, 4) is 0 Å². The maximum absolute atomic E-state index is 14.6. The SMILES string of the molecule is C=C/C(=C\C=C(/C)C(Cc1ccccc1)C(=O)Nc1ccc2[nH]ncc2c1)c1c(F)ccc(Cl)c1F. The number of anilines is 1. The number of rotatable bonds is 8. The van der Waals surface area contributed by atoms with E-state index in [0.29, 0.717) is 17.7 Å². The lowest BCUT2D eigenvalue weighted by molar-refractivity contribution is -0.118. The number of benzene rings is 3. The summed E-state index contributed by atoms with van der Waals surface area (Å²) in [5.74, 6) is -2.35. The van der Waals surface area contributed by atoms with Crippen molar-refractivity contribution in [1.29, 1.82) is 0 Å². The van der Waals surface area contributed by atoms with Crippen molar-refractivity contribution >= 4 is 39.7 Å². The molecule has 36 heavy (non-hydrogen) atoms. The second-order valence-electron chi connectivity index (χ2n) is 8.36. The Bertz CT molecular complexity index is 1470. The van der Waals surface area contributed by atoms with Crippen LogP contribution in [0.1, 0.15) is 18.1 Å². The van der Waals surface area contributed by atoms with Crippen molar-refractivity contribution in [2.45, 2.75) is 13.3 Å². The van der Waals surface area contributed by atoms with Crippen molar-refractivity contribution in [2.75, 3.05) is 5.32 Å². The van der Waals surface area contributed by atoms with E-state index >= 15 is 0 Å². The lowest BCUT2D eigenvalue weighted by atomic mass is 9.90. The van der Waals surface area contributed by atoms with E-state index in [4.69, 9.17) is 11.6 Å². The molecule has 3 aromatic carbocycles. The standard InChI is InChI=1S/C29H24ClF2N3O/c1-3-20(27-25(31)13-12-24(30)28(27)32)10-9-18(2)23(15-19-7-5-4-6-8-19)29(36)34-22-11-14-26-21(16-22)17-33-35-26/h3-14,16-17,23H,1,15H2,2H3,(H,33,35)(H,34,36)/b18-9+,20-10+. The van der Waals surface area contributed by atoms with Crippen molar-refractivity contribution < 1.29 is 13.6 Å². The Morgan fingerprint density at radius 2 is 1.92 bits per heavy atom. The van der Waals surface area contributed by atoms with Crippen molar-refractivity contribution in [3.63, 3.8) is 0 Å². The number of aromatic amines is 1. The molecule has 0 spiro atoms. The highest BCUT2D eigenvalue weighted by Crippen LogP contribution is 2.29. The summed E-state index contributed by atoms with van der Waals surface area (Å²) in [4.78, 5) is 13.4. The molecule has 0 bridgehead atoms. The Labute approximate surface area is 213 Å². The van der Waals surface area contributed by atoms with Gasteiger partial charge < -0.3 is 5.32 Å². The molecule has 1 heterocycles. The van der Waals surface area contributed by atoms with Gasteiger partial charge in [0, 0.05) is 11.1 Å². The van der Waals surface area contributed by atoms with Crippen LogP contribution in [0.2, 0.25) is 5.02 Å². The first kappa shape index (κ1) is 25.1. The number of carbonyl (C=O) groups excluding carboxylic acids is 1. The number of nitrogens with one attached hydrogen (secondary N) is 2. The molecule has 2 N–H and O–H groups in total. The van der Waals surface area contributed by atoms with Crippen molar-refractivity contribution in [2.24, 2.45) is 5.92 Å². The molecule has 0 saturated heterocycles. The average molecular weight is 504 g/mol. The topological polar surface area (TPSA) is 57.8 Å². The normalized spacial score (nSPS) is 13.0. The molecule has 1 unspecified atom stereocenters. The number of halogens is 3. The molecule has 1 amide bonds. The van der Waals surface area contributed by atoms with Gasteiger partial charge in [-0.15, -0.1) is 0 Å². The number of fused-ring (bicyclic) bond motifs is 1. The quantitative estimate of drug-likeness (QED) is 0.193. The van der Waals surface area contributed by atoms with E-state index in [0.717, 1.165) is 22.5 Å². The first-order valence-electron chi connectivity index (χ1n) is 11.3. The third-order valence-electron chi connectivity index (χ3n) is 5.93. The fourth-order valence-corrected chi connectivity index (χ4v) is 4.10. The van der Waals surface area contributed by atoms with Crippen LogP contribution in [0.4, 0.5) is 14.5 Å². The third kappa shape index (κ3) is 5.61. The Morgan fingerprint density at radius 3 is 2.67 bits per heavy atom. The number of hydrogen-bond donors (Lipinski definition) is 2. The van der Waals surface area contributed by atoms with Crippen molar-refractivity contribution in [1.82, 2.24) is 10.2 Å². The first-order valence-corrected chi connectivity index (χ1v) is 11.7.